The van der Waals surface area contributed by atoms with E-state index in [2.05, 4.69) is 40.0 Å². The summed E-state index contributed by atoms with van der Waals surface area (Å²) in [5.74, 6) is 0. The number of rotatable bonds is 14. The number of hydrogen-bond donors (Lipinski definition) is 0. The van der Waals surface area contributed by atoms with Crippen molar-refractivity contribution in [2.24, 2.45) is 0 Å². The Labute approximate surface area is 136 Å². The molecule has 0 aliphatic carbocycles. The van der Waals surface area contributed by atoms with Crippen molar-refractivity contribution >= 4 is 16.6 Å². The van der Waals surface area contributed by atoms with Crippen LogP contribution in [0.25, 0.3) is 0 Å². The lowest BCUT2D eigenvalue weighted by Gasteiger charge is -2.22. The molecule has 0 aromatic carbocycles. The molecule has 0 aliphatic rings. The molecule has 0 N–H and O–H groups in total. The maximum atomic E-state index is 6.09. The van der Waals surface area contributed by atoms with Crippen molar-refractivity contribution in [2.45, 2.75) is 97.1 Å². The normalized spacial score (nSPS) is 12.9. The highest BCUT2D eigenvalue weighted by molar-refractivity contribution is 6.71. The van der Waals surface area contributed by atoms with Gasteiger partial charge in [0.15, 0.2) is 16.6 Å². The van der Waals surface area contributed by atoms with Crippen molar-refractivity contribution < 1.29 is 8.85 Å². The van der Waals surface area contributed by atoms with Crippen molar-refractivity contribution in [2.75, 3.05) is 13.2 Å². The first-order chi connectivity index (χ1) is 9.83. The summed E-state index contributed by atoms with van der Waals surface area (Å²) in [4.78, 5) is 0. The van der Waals surface area contributed by atoms with Crippen LogP contribution in [-0.4, -0.2) is 29.8 Å². The molecule has 0 fully saturated rings. The third kappa shape index (κ3) is 13.7. The fourth-order valence-electron chi connectivity index (χ4n) is 2.78. The highest BCUT2D eigenvalue weighted by atomic mass is 28.4. The van der Waals surface area contributed by atoms with Gasteiger partial charge >= 0.3 is 0 Å². The van der Waals surface area contributed by atoms with Gasteiger partial charge < -0.3 is 8.85 Å². The van der Waals surface area contributed by atoms with Gasteiger partial charge in [-0.15, -0.1) is 0 Å². The van der Waals surface area contributed by atoms with Crippen LogP contribution in [0.15, 0.2) is 0 Å². The predicted molar refractivity (Wildman–Crippen MR) is 100 cm³/mol. The van der Waals surface area contributed by atoms with Crippen LogP contribution >= 0.6 is 0 Å². The standard InChI is InChI=1S/C17H40O2Si2/c1-7-16-20(3,4)18-14-12-10-9-11-13-15-19-21(5,6)17-8-2/h7-17H2,1-6H3. The lowest BCUT2D eigenvalue weighted by molar-refractivity contribution is 0.283. The van der Waals surface area contributed by atoms with Crippen molar-refractivity contribution in [3.05, 3.63) is 0 Å². The Morgan fingerprint density at radius 2 is 0.905 bits per heavy atom. The minimum Gasteiger partial charge on any atom is -0.417 e. The molecule has 0 heterocycles. The van der Waals surface area contributed by atoms with Crippen LogP contribution in [0.3, 0.4) is 0 Å². The molecular weight excluding hydrogens is 292 g/mol. The zero-order chi connectivity index (χ0) is 16.2. The summed E-state index contributed by atoms with van der Waals surface area (Å²) in [6.45, 7) is 15.8. The van der Waals surface area contributed by atoms with Gasteiger partial charge in [-0.1, -0.05) is 46.0 Å². The van der Waals surface area contributed by atoms with Crippen LogP contribution in [0.5, 0.6) is 0 Å². The molecule has 128 valence electrons. The second kappa shape index (κ2) is 11.9. The van der Waals surface area contributed by atoms with E-state index in [-0.39, 0.29) is 0 Å². The fraction of sp³-hybridized carbons (Fsp3) is 1.00. The third-order valence-corrected chi connectivity index (χ3v) is 9.36. The zero-order valence-corrected chi connectivity index (χ0v) is 17.6. The summed E-state index contributed by atoms with van der Waals surface area (Å²) in [6.07, 6.45) is 8.94. The molecule has 0 atom stereocenters. The smallest absolute Gasteiger partial charge is 0.186 e. The molecule has 0 spiro atoms. The highest BCUT2D eigenvalue weighted by Gasteiger charge is 2.21. The first kappa shape index (κ1) is 21.4. The summed E-state index contributed by atoms with van der Waals surface area (Å²) < 4.78 is 12.2. The van der Waals surface area contributed by atoms with Crippen LogP contribution < -0.4 is 0 Å². The lowest BCUT2D eigenvalue weighted by Crippen LogP contribution is -2.30. The molecule has 2 nitrogen and oxygen atoms in total. The summed E-state index contributed by atoms with van der Waals surface area (Å²) in [6, 6.07) is 2.59. The van der Waals surface area contributed by atoms with E-state index in [1.54, 1.807) is 0 Å². The third-order valence-electron chi connectivity index (χ3n) is 3.98. The molecule has 0 aromatic heterocycles. The van der Waals surface area contributed by atoms with Crippen LogP contribution in [-0.2, 0) is 8.85 Å². The number of unbranched alkanes of at least 4 members (excludes halogenated alkanes) is 4. The van der Waals surface area contributed by atoms with Gasteiger partial charge in [-0.25, -0.2) is 0 Å². The van der Waals surface area contributed by atoms with Gasteiger partial charge in [-0.3, -0.25) is 0 Å². The molecule has 4 heteroatoms. The van der Waals surface area contributed by atoms with Gasteiger partial charge in [0.1, 0.15) is 0 Å². The molecule has 0 radical (unpaired) electrons. The van der Waals surface area contributed by atoms with Crippen LogP contribution in [0.2, 0.25) is 38.3 Å². The minimum atomic E-state index is -1.33. The second-order valence-electron chi connectivity index (χ2n) is 7.48. The van der Waals surface area contributed by atoms with E-state index in [1.165, 1.54) is 57.0 Å². The zero-order valence-electron chi connectivity index (χ0n) is 15.6. The van der Waals surface area contributed by atoms with Gasteiger partial charge in [-0.2, -0.15) is 0 Å². The van der Waals surface area contributed by atoms with Crippen molar-refractivity contribution in [1.29, 1.82) is 0 Å². The predicted octanol–water partition coefficient (Wildman–Crippen LogP) is 6.20. The molecule has 0 saturated carbocycles. The maximum Gasteiger partial charge on any atom is 0.186 e. The summed E-state index contributed by atoms with van der Waals surface area (Å²) in [5, 5.41) is 0. The average Bonchev–Trinajstić information content (AvgIpc) is 2.36. The van der Waals surface area contributed by atoms with E-state index < -0.39 is 16.6 Å². The summed E-state index contributed by atoms with van der Waals surface area (Å²) >= 11 is 0. The van der Waals surface area contributed by atoms with Gasteiger partial charge in [-0.05, 0) is 51.1 Å². The van der Waals surface area contributed by atoms with E-state index in [0.717, 1.165) is 13.2 Å². The van der Waals surface area contributed by atoms with Crippen LogP contribution in [0.4, 0.5) is 0 Å². The SMILES string of the molecule is CCC[Si](C)(C)OCCCCCCCO[Si](C)(C)CCC. The highest BCUT2D eigenvalue weighted by Crippen LogP contribution is 2.16. The Bertz CT molecular complexity index is 219. The van der Waals surface area contributed by atoms with E-state index >= 15 is 0 Å². The Hall–Kier alpha value is 0.354. The molecule has 0 aliphatic heterocycles. The Kier molecular flexibility index (Phi) is 12.1. The quantitative estimate of drug-likeness (QED) is 0.278. The molecule has 21 heavy (non-hydrogen) atoms. The monoisotopic (exact) mass is 332 g/mol. The Morgan fingerprint density at radius 1 is 0.571 bits per heavy atom. The first-order valence-corrected chi connectivity index (χ1v) is 15.3. The lowest BCUT2D eigenvalue weighted by atomic mass is 10.2. The van der Waals surface area contributed by atoms with Gasteiger partial charge in [0.25, 0.3) is 0 Å². The van der Waals surface area contributed by atoms with E-state index in [9.17, 15) is 0 Å². The minimum absolute atomic E-state index is 0.978. The fourth-order valence-corrected chi connectivity index (χ4v) is 6.87. The summed E-state index contributed by atoms with van der Waals surface area (Å²) in [7, 11) is -2.66. The largest absolute Gasteiger partial charge is 0.417 e. The molecule has 0 rings (SSSR count). The van der Waals surface area contributed by atoms with Gasteiger partial charge in [0, 0.05) is 13.2 Å². The summed E-state index contributed by atoms with van der Waals surface area (Å²) in [5.41, 5.74) is 0. The van der Waals surface area contributed by atoms with Crippen LogP contribution in [0.1, 0.15) is 58.8 Å². The second-order valence-corrected chi connectivity index (χ2v) is 16.1. The van der Waals surface area contributed by atoms with E-state index in [1.807, 2.05) is 0 Å². The maximum absolute atomic E-state index is 6.09. The molecule has 0 saturated heterocycles. The number of hydrogen-bond acceptors (Lipinski definition) is 2. The molecular formula is C17H40O2Si2. The average molecular weight is 333 g/mol. The van der Waals surface area contributed by atoms with Crippen molar-refractivity contribution in [3.63, 3.8) is 0 Å². The van der Waals surface area contributed by atoms with E-state index in [0.29, 0.717) is 0 Å². The molecule has 0 aromatic rings. The van der Waals surface area contributed by atoms with Crippen LogP contribution in [0, 0.1) is 0 Å². The molecule has 0 bridgehead atoms. The van der Waals surface area contributed by atoms with E-state index in [4.69, 9.17) is 8.85 Å². The Morgan fingerprint density at radius 3 is 1.24 bits per heavy atom. The Balaban J connectivity index is 3.37. The van der Waals surface area contributed by atoms with Gasteiger partial charge in [0.2, 0.25) is 0 Å². The van der Waals surface area contributed by atoms with Crippen molar-refractivity contribution in [3.8, 4) is 0 Å². The first-order valence-electron chi connectivity index (χ1n) is 9.11. The van der Waals surface area contributed by atoms with Crippen molar-refractivity contribution in [1.82, 2.24) is 0 Å². The molecule has 0 unspecified atom stereocenters. The molecule has 0 amide bonds. The topological polar surface area (TPSA) is 18.5 Å². The van der Waals surface area contributed by atoms with Gasteiger partial charge in [0.05, 0.1) is 0 Å².